The molecular formula is C7H8O3. The zero-order chi connectivity index (χ0) is 7.72. The Bertz CT molecular complexity index is 298. The standard InChI is InChI=1S/C7H8O3/c1-4-3-6(8)5(2)10-7(4)9/h3,8H,1-2H3. The van der Waals surface area contributed by atoms with Crippen molar-refractivity contribution in [3.63, 3.8) is 0 Å². The summed E-state index contributed by atoms with van der Waals surface area (Å²) in [6.45, 7) is 3.13. The van der Waals surface area contributed by atoms with Crippen LogP contribution in [0.2, 0.25) is 0 Å². The Labute approximate surface area is 57.9 Å². The van der Waals surface area contributed by atoms with Gasteiger partial charge in [0.05, 0.1) is 0 Å². The Balaban J connectivity index is 3.43. The highest BCUT2D eigenvalue weighted by Gasteiger charge is 2.00. The summed E-state index contributed by atoms with van der Waals surface area (Å²) in [5, 5.41) is 8.99. The van der Waals surface area contributed by atoms with Crippen molar-refractivity contribution in [3.05, 3.63) is 27.8 Å². The van der Waals surface area contributed by atoms with Crippen LogP contribution in [0.25, 0.3) is 0 Å². The molecular weight excluding hydrogens is 132 g/mol. The van der Waals surface area contributed by atoms with Crippen LogP contribution in [-0.4, -0.2) is 5.11 Å². The van der Waals surface area contributed by atoms with Gasteiger partial charge < -0.3 is 9.52 Å². The summed E-state index contributed by atoms with van der Waals surface area (Å²) >= 11 is 0. The van der Waals surface area contributed by atoms with Gasteiger partial charge in [-0.2, -0.15) is 0 Å². The molecule has 0 fully saturated rings. The first-order valence-corrected chi connectivity index (χ1v) is 2.91. The van der Waals surface area contributed by atoms with Gasteiger partial charge in [-0.1, -0.05) is 0 Å². The van der Waals surface area contributed by atoms with Crippen molar-refractivity contribution >= 4 is 0 Å². The molecule has 0 radical (unpaired) electrons. The monoisotopic (exact) mass is 140 g/mol. The summed E-state index contributed by atoms with van der Waals surface area (Å²) < 4.78 is 4.63. The Kier molecular flexibility index (Phi) is 1.49. The molecule has 0 aliphatic carbocycles. The lowest BCUT2D eigenvalue weighted by Crippen LogP contribution is -2.02. The van der Waals surface area contributed by atoms with E-state index in [4.69, 9.17) is 5.11 Å². The van der Waals surface area contributed by atoms with E-state index >= 15 is 0 Å². The largest absolute Gasteiger partial charge is 0.504 e. The molecule has 3 heteroatoms. The van der Waals surface area contributed by atoms with Crippen molar-refractivity contribution in [2.75, 3.05) is 0 Å². The van der Waals surface area contributed by atoms with E-state index in [2.05, 4.69) is 4.42 Å². The SMILES string of the molecule is Cc1oc(=O)c(C)cc1O. The predicted molar refractivity (Wildman–Crippen MR) is 36.1 cm³/mol. The van der Waals surface area contributed by atoms with E-state index < -0.39 is 5.63 Å². The van der Waals surface area contributed by atoms with Crippen LogP contribution in [0.5, 0.6) is 5.75 Å². The lowest BCUT2D eigenvalue weighted by Gasteiger charge is -1.95. The Morgan fingerprint density at radius 1 is 1.50 bits per heavy atom. The average molecular weight is 140 g/mol. The van der Waals surface area contributed by atoms with E-state index in [1.807, 2.05) is 0 Å². The molecule has 3 nitrogen and oxygen atoms in total. The fourth-order valence-electron chi connectivity index (χ4n) is 0.637. The van der Waals surface area contributed by atoms with Gasteiger partial charge in [0.25, 0.3) is 0 Å². The van der Waals surface area contributed by atoms with Crippen LogP contribution in [0.4, 0.5) is 0 Å². The molecule has 0 unspecified atom stereocenters. The Morgan fingerprint density at radius 3 is 2.60 bits per heavy atom. The summed E-state index contributed by atoms with van der Waals surface area (Å²) in [7, 11) is 0. The van der Waals surface area contributed by atoms with Crippen LogP contribution < -0.4 is 5.63 Å². The fraction of sp³-hybridized carbons (Fsp3) is 0.286. The zero-order valence-electron chi connectivity index (χ0n) is 5.84. The van der Waals surface area contributed by atoms with Crippen LogP contribution in [0.15, 0.2) is 15.3 Å². The van der Waals surface area contributed by atoms with Crippen molar-refractivity contribution in [3.8, 4) is 5.75 Å². The highest BCUT2D eigenvalue weighted by atomic mass is 16.4. The normalized spacial score (nSPS) is 9.80. The van der Waals surface area contributed by atoms with Crippen LogP contribution in [0.1, 0.15) is 11.3 Å². The van der Waals surface area contributed by atoms with Crippen molar-refractivity contribution in [1.82, 2.24) is 0 Å². The molecule has 0 aliphatic heterocycles. The maximum absolute atomic E-state index is 10.7. The zero-order valence-corrected chi connectivity index (χ0v) is 5.84. The number of hydrogen-bond acceptors (Lipinski definition) is 3. The van der Waals surface area contributed by atoms with Gasteiger partial charge in [-0.3, -0.25) is 0 Å². The van der Waals surface area contributed by atoms with Gasteiger partial charge in [0.2, 0.25) is 0 Å². The first-order chi connectivity index (χ1) is 4.61. The maximum atomic E-state index is 10.7. The Morgan fingerprint density at radius 2 is 2.10 bits per heavy atom. The van der Waals surface area contributed by atoms with E-state index in [0.717, 1.165) is 0 Å². The maximum Gasteiger partial charge on any atom is 0.339 e. The second-order valence-electron chi connectivity index (χ2n) is 2.16. The van der Waals surface area contributed by atoms with Crippen molar-refractivity contribution in [1.29, 1.82) is 0 Å². The van der Waals surface area contributed by atoms with Gasteiger partial charge in [0.1, 0.15) is 5.76 Å². The second kappa shape index (κ2) is 2.17. The second-order valence-corrected chi connectivity index (χ2v) is 2.16. The van der Waals surface area contributed by atoms with Crippen LogP contribution in [-0.2, 0) is 0 Å². The van der Waals surface area contributed by atoms with Crippen molar-refractivity contribution in [2.24, 2.45) is 0 Å². The van der Waals surface area contributed by atoms with Gasteiger partial charge in [-0.25, -0.2) is 4.79 Å². The highest BCUT2D eigenvalue weighted by Crippen LogP contribution is 2.12. The minimum atomic E-state index is -0.393. The van der Waals surface area contributed by atoms with Gasteiger partial charge in [0, 0.05) is 5.56 Å². The number of aromatic hydroxyl groups is 1. The molecule has 1 aromatic heterocycles. The van der Waals surface area contributed by atoms with Gasteiger partial charge in [-0.15, -0.1) is 0 Å². The van der Waals surface area contributed by atoms with E-state index in [9.17, 15) is 4.79 Å². The summed E-state index contributed by atoms with van der Waals surface area (Å²) in [4.78, 5) is 10.7. The van der Waals surface area contributed by atoms with Crippen molar-refractivity contribution in [2.45, 2.75) is 13.8 Å². The molecule has 0 saturated heterocycles. The molecule has 54 valence electrons. The molecule has 0 spiro atoms. The van der Waals surface area contributed by atoms with Gasteiger partial charge in [0.15, 0.2) is 5.75 Å². The fourth-order valence-corrected chi connectivity index (χ4v) is 0.637. The third-order valence-corrected chi connectivity index (χ3v) is 1.28. The molecule has 0 saturated carbocycles. The molecule has 0 amide bonds. The quantitative estimate of drug-likeness (QED) is 0.584. The summed E-state index contributed by atoms with van der Waals surface area (Å²) in [5.74, 6) is 0.285. The van der Waals surface area contributed by atoms with E-state index in [0.29, 0.717) is 5.56 Å². The summed E-state index contributed by atoms with van der Waals surface area (Å²) in [6.07, 6.45) is 0. The smallest absolute Gasteiger partial charge is 0.339 e. The van der Waals surface area contributed by atoms with Crippen molar-refractivity contribution < 1.29 is 9.52 Å². The summed E-state index contributed by atoms with van der Waals surface area (Å²) in [6, 6.07) is 1.39. The van der Waals surface area contributed by atoms with E-state index in [1.54, 1.807) is 6.92 Å². The molecule has 1 heterocycles. The molecule has 0 aliphatic rings. The lowest BCUT2D eigenvalue weighted by atomic mass is 10.3. The Hall–Kier alpha value is -1.25. The predicted octanol–water partition coefficient (Wildman–Crippen LogP) is 0.962. The molecule has 0 bridgehead atoms. The topological polar surface area (TPSA) is 50.4 Å². The molecule has 1 N–H and O–H groups in total. The number of rotatable bonds is 0. The van der Waals surface area contributed by atoms with E-state index in [1.165, 1.54) is 13.0 Å². The molecule has 1 aromatic rings. The third kappa shape index (κ3) is 1.03. The van der Waals surface area contributed by atoms with Gasteiger partial charge in [-0.05, 0) is 19.9 Å². The third-order valence-electron chi connectivity index (χ3n) is 1.28. The van der Waals surface area contributed by atoms with Crippen LogP contribution in [0, 0.1) is 13.8 Å². The molecule has 1 rings (SSSR count). The average Bonchev–Trinajstić information content (AvgIpc) is 1.84. The van der Waals surface area contributed by atoms with Crippen LogP contribution >= 0.6 is 0 Å². The summed E-state index contributed by atoms with van der Waals surface area (Å²) in [5.41, 5.74) is 0.0263. The van der Waals surface area contributed by atoms with E-state index in [-0.39, 0.29) is 11.5 Å². The van der Waals surface area contributed by atoms with Crippen LogP contribution in [0.3, 0.4) is 0 Å². The molecule has 0 atom stereocenters. The minimum Gasteiger partial charge on any atom is -0.504 e. The molecule has 10 heavy (non-hydrogen) atoms. The number of hydrogen-bond donors (Lipinski definition) is 1. The lowest BCUT2D eigenvalue weighted by molar-refractivity contribution is 0.400. The first-order valence-electron chi connectivity index (χ1n) is 2.91. The minimum absolute atomic E-state index is 0.0251. The first kappa shape index (κ1) is 6.86. The highest BCUT2D eigenvalue weighted by molar-refractivity contribution is 5.25. The number of aryl methyl sites for hydroxylation is 2. The molecule has 0 aromatic carbocycles. The van der Waals surface area contributed by atoms with Gasteiger partial charge >= 0.3 is 5.63 Å².